The summed E-state index contributed by atoms with van der Waals surface area (Å²) in [5.74, 6) is -1.11. The highest BCUT2D eigenvalue weighted by molar-refractivity contribution is 6.12. The molecule has 3 aromatic rings. The highest BCUT2D eigenvalue weighted by Crippen LogP contribution is 2.30. The van der Waals surface area contributed by atoms with Crippen LogP contribution in [0.1, 0.15) is 21.7 Å². The summed E-state index contributed by atoms with van der Waals surface area (Å²) >= 11 is 0. The summed E-state index contributed by atoms with van der Waals surface area (Å²) in [4.78, 5) is 25.8. The molecule has 0 saturated carbocycles. The fraction of sp³-hybridized carbons (Fsp3) is 0.0870. The average molecular weight is 383 g/mol. The van der Waals surface area contributed by atoms with Crippen molar-refractivity contribution in [1.82, 2.24) is 0 Å². The maximum atomic E-state index is 12.9. The van der Waals surface area contributed by atoms with Gasteiger partial charge in [-0.15, -0.1) is 0 Å². The summed E-state index contributed by atoms with van der Waals surface area (Å²) in [5, 5.41) is 20.8. The van der Waals surface area contributed by atoms with Crippen LogP contribution in [0.3, 0.4) is 0 Å². The number of nitrogens with zero attached hydrogens (tertiary/aromatic N) is 2. The van der Waals surface area contributed by atoms with Crippen LogP contribution in [0.5, 0.6) is 0 Å². The van der Waals surface area contributed by atoms with E-state index in [1.165, 1.54) is 12.1 Å². The molecule has 0 bridgehead atoms. The van der Waals surface area contributed by atoms with Crippen LogP contribution < -0.4 is 10.0 Å². The number of para-hydroxylation sites is 1. The van der Waals surface area contributed by atoms with Crippen LogP contribution in [0.15, 0.2) is 70.7 Å². The molecule has 0 atom stereocenters. The fourth-order valence-corrected chi connectivity index (χ4v) is 3.43. The van der Waals surface area contributed by atoms with Gasteiger partial charge in [-0.25, -0.2) is 0 Å². The molecule has 6 nitrogen and oxygen atoms in total. The van der Waals surface area contributed by atoms with Crippen molar-refractivity contribution in [3.05, 3.63) is 83.1 Å². The smallest absolute Gasteiger partial charge is 0.269 e. The molecule has 29 heavy (non-hydrogen) atoms. The number of carbonyl (C=O) groups is 2. The van der Waals surface area contributed by atoms with Gasteiger partial charge in [0.1, 0.15) is 23.2 Å². The number of fused-ring (bicyclic) bond motifs is 1. The summed E-state index contributed by atoms with van der Waals surface area (Å²) < 4.78 is 5.69. The lowest BCUT2D eigenvalue weighted by molar-refractivity contribution is -0.254. The summed E-state index contributed by atoms with van der Waals surface area (Å²) in [6, 6.07) is 19.0. The van der Waals surface area contributed by atoms with E-state index in [0.29, 0.717) is 17.9 Å². The van der Waals surface area contributed by atoms with Crippen molar-refractivity contribution < 1.29 is 19.1 Å². The first-order valence-electron chi connectivity index (χ1n) is 9.00. The molecule has 1 aliphatic rings. The minimum absolute atomic E-state index is 0.00244. The lowest BCUT2D eigenvalue weighted by atomic mass is 10.1. The second-order valence-electron chi connectivity index (χ2n) is 6.54. The molecule has 0 fully saturated rings. The number of rotatable bonds is 4. The average Bonchev–Trinajstić information content (AvgIpc) is 3.38. The Balaban J connectivity index is 1.64. The summed E-state index contributed by atoms with van der Waals surface area (Å²) in [5.41, 5.74) is 2.18. The van der Waals surface area contributed by atoms with Crippen molar-refractivity contribution in [1.29, 1.82) is 5.26 Å². The zero-order valence-corrected chi connectivity index (χ0v) is 15.3. The Morgan fingerprint density at radius 2 is 1.83 bits per heavy atom. The number of amides is 1. The number of furan rings is 1. The molecule has 1 amide bonds. The van der Waals surface area contributed by atoms with Crippen LogP contribution in [-0.2, 0) is 11.2 Å². The van der Waals surface area contributed by atoms with Gasteiger partial charge in [0, 0.05) is 29.4 Å². The monoisotopic (exact) mass is 383 g/mol. The molecule has 0 saturated heterocycles. The number of anilines is 1. The number of benzene rings is 2. The second-order valence-corrected chi connectivity index (χ2v) is 6.54. The molecule has 0 unspecified atom stereocenters. The van der Waals surface area contributed by atoms with E-state index in [4.69, 9.17) is 4.42 Å². The molecule has 0 spiro atoms. The summed E-state index contributed by atoms with van der Waals surface area (Å²) in [6.45, 7) is 0.513. The molecule has 2 heterocycles. The van der Waals surface area contributed by atoms with Crippen molar-refractivity contribution in [3.8, 4) is 17.4 Å². The van der Waals surface area contributed by atoms with E-state index in [0.717, 1.165) is 17.7 Å². The van der Waals surface area contributed by atoms with Crippen LogP contribution in [-0.4, -0.2) is 18.4 Å². The Hall–Kier alpha value is -4.11. The van der Waals surface area contributed by atoms with Crippen molar-refractivity contribution in [3.63, 3.8) is 0 Å². The maximum absolute atomic E-state index is 12.9. The van der Waals surface area contributed by atoms with E-state index in [1.807, 2.05) is 30.3 Å². The molecule has 4 rings (SSSR count). The molecule has 0 aliphatic carbocycles. The molecule has 0 N–H and O–H groups in total. The SMILES string of the molecule is N#C/C(=C\c1ccc(-c2ccccc2C(=O)[O-])o1)C(=O)N1CCc2ccccc21. The molecule has 0 radical (unpaired) electrons. The topological polar surface area (TPSA) is 97.4 Å². The first-order chi connectivity index (χ1) is 14.1. The fourth-order valence-electron chi connectivity index (χ4n) is 3.43. The minimum atomic E-state index is -1.31. The Labute approximate surface area is 166 Å². The third-order valence-corrected chi connectivity index (χ3v) is 4.81. The van der Waals surface area contributed by atoms with Gasteiger partial charge >= 0.3 is 0 Å². The molecular formula is C23H15N2O4-. The van der Waals surface area contributed by atoms with Gasteiger partial charge in [-0.1, -0.05) is 42.5 Å². The highest BCUT2D eigenvalue weighted by Gasteiger charge is 2.26. The standard InChI is InChI=1S/C23H16N2O4/c24-14-16(22(26)25-12-11-15-5-1-4-8-20(15)25)13-17-9-10-21(29-17)18-6-2-3-7-19(18)23(27)28/h1-10,13H,11-12H2,(H,27,28)/p-1/b16-13+. The number of carboxylic acids is 1. The Kier molecular flexibility index (Phi) is 4.71. The highest BCUT2D eigenvalue weighted by atomic mass is 16.4. The van der Waals surface area contributed by atoms with Crippen LogP contribution >= 0.6 is 0 Å². The zero-order chi connectivity index (χ0) is 20.4. The molecule has 1 aliphatic heterocycles. The Morgan fingerprint density at radius 1 is 1.07 bits per heavy atom. The van der Waals surface area contributed by atoms with Crippen molar-refractivity contribution in [2.24, 2.45) is 0 Å². The van der Waals surface area contributed by atoms with Gasteiger partial charge < -0.3 is 19.2 Å². The molecular weight excluding hydrogens is 368 g/mol. The third-order valence-electron chi connectivity index (χ3n) is 4.81. The van der Waals surface area contributed by atoms with E-state index < -0.39 is 11.9 Å². The quantitative estimate of drug-likeness (QED) is 0.510. The first-order valence-corrected chi connectivity index (χ1v) is 9.00. The number of nitriles is 1. The first kappa shape index (κ1) is 18.3. The van der Waals surface area contributed by atoms with Crippen molar-refractivity contribution in [2.75, 3.05) is 11.4 Å². The summed E-state index contributed by atoms with van der Waals surface area (Å²) in [7, 11) is 0. The van der Waals surface area contributed by atoms with Gasteiger partial charge in [0.05, 0.1) is 5.97 Å². The van der Waals surface area contributed by atoms with Gasteiger partial charge in [-0.05, 0) is 30.2 Å². The minimum Gasteiger partial charge on any atom is -0.545 e. The van der Waals surface area contributed by atoms with Crippen LogP contribution in [0.25, 0.3) is 17.4 Å². The lowest BCUT2D eigenvalue weighted by Crippen LogP contribution is -2.29. The van der Waals surface area contributed by atoms with E-state index in [1.54, 1.807) is 35.2 Å². The number of aromatic carboxylic acids is 1. The van der Waals surface area contributed by atoms with Crippen molar-refractivity contribution in [2.45, 2.75) is 6.42 Å². The zero-order valence-electron chi connectivity index (χ0n) is 15.3. The lowest BCUT2D eigenvalue weighted by Gasteiger charge is -2.16. The predicted octanol–water partition coefficient (Wildman–Crippen LogP) is 2.81. The van der Waals surface area contributed by atoms with E-state index in [9.17, 15) is 20.0 Å². The van der Waals surface area contributed by atoms with Gasteiger partial charge in [-0.2, -0.15) is 5.26 Å². The van der Waals surface area contributed by atoms with E-state index >= 15 is 0 Å². The third kappa shape index (κ3) is 3.42. The van der Waals surface area contributed by atoms with E-state index in [2.05, 4.69) is 0 Å². The molecule has 1 aromatic heterocycles. The second kappa shape index (κ2) is 7.49. The van der Waals surface area contributed by atoms with Crippen LogP contribution in [0.2, 0.25) is 0 Å². The summed E-state index contributed by atoms with van der Waals surface area (Å²) in [6.07, 6.45) is 2.11. The number of hydrogen-bond acceptors (Lipinski definition) is 5. The van der Waals surface area contributed by atoms with Crippen LogP contribution in [0, 0.1) is 11.3 Å². The Bertz CT molecular complexity index is 1180. The maximum Gasteiger partial charge on any atom is 0.269 e. The van der Waals surface area contributed by atoms with Gasteiger partial charge in [0.25, 0.3) is 5.91 Å². The normalized spacial score (nSPS) is 13.1. The van der Waals surface area contributed by atoms with Gasteiger partial charge in [-0.3, -0.25) is 4.79 Å². The largest absolute Gasteiger partial charge is 0.545 e. The molecule has 6 heteroatoms. The molecule has 2 aromatic carbocycles. The van der Waals surface area contributed by atoms with Crippen molar-refractivity contribution >= 4 is 23.6 Å². The van der Waals surface area contributed by atoms with Crippen LogP contribution in [0.4, 0.5) is 5.69 Å². The number of carbonyl (C=O) groups excluding carboxylic acids is 2. The number of hydrogen-bond donors (Lipinski definition) is 0. The number of carboxylic acid groups (broad SMARTS) is 1. The van der Waals surface area contributed by atoms with Gasteiger partial charge in [0.15, 0.2) is 0 Å². The predicted molar refractivity (Wildman–Crippen MR) is 105 cm³/mol. The van der Waals surface area contributed by atoms with Gasteiger partial charge in [0.2, 0.25) is 0 Å². The Morgan fingerprint density at radius 3 is 2.62 bits per heavy atom. The van der Waals surface area contributed by atoms with E-state index in [-0.39, 0.29) is 16.9 Å². The molecule has 142 valence electrons.